The smallest absolute Gasteiger partial charge is 0.226 e. The van der Waals surface area contributed by atoms with Crippen molar-refractivity contribution >= 4 is 17.6 Å². The lowest BCUT2D eigenvalue weighted by Gasteiger charge is -2.38. The Kier molecular flexibility index (Phi) is 7.14. The number of hydrogen-bond donors (Lipinski definition) is 1. The van der Waals surface area contributed by atoms with Crippen LogP contribution in [0.3, 0.4) is 0 Å². The zero-order valence-corrected chi connectivity index (χ0v) is 18.1. The molecule has 2 atom stereocenters. The number of halogens is 1. The van der Waals surface area contributed by atoms with Gasteiger partial charge in [0.1, 0.15) is 11.6 Å². The number of hydrogen-bond acceptors (Lipinski definition) is 4. The van der Waals surface area contributed by atoms with Gasteiger partial charge in [0.05, 0.1) is 11.8 Å². The summed E-state index contributed by atoms with van der Waals surface area (Å²) in [7, 11) is 0. The Hall–Kier alpha value is -3.22. The van der Waals surface area contributed by atoms with E-state index >= 15 is 0 Å². The van der Waals surface area contributed by atoms with Gasteiger partial charge in [0.2, 0.25) is 11.8 Å². The first-order valence-electron chi connectivity index (χ1n) is 11.2. The van der Waals surface area contributed by atoms with Crippen molar-refractivity contribution in [3.05, 3.63) is 72.2 Å². The second-order valence-corrected chi connectivity index (χ2v) is 8.29. The van der Waals surface area contributed by atoms with Gasteiger partial charge in [0.15, 0.2) is 0 Å². The highest BCUT2D eigenvalue weighted by Crippen LogP contribution is 2.28. The lowest BCUT2D eigenvalue weighted by atomic mass is 9.81. The van der Waals surface area contributed by atoms with E-state index in [0.717, 1.165) is 18.9 Å². The highest BCUT2D eigenvalue weighted by Gasteiger charge is 2.37. The number of benzene rings is 1. The predicted molar refractivity (Wildman–Crippen MR) is 121 cm³/mol. The molecule has 0 bridgehead atoms. The number of aromatic nitrogens is 1. The molecule has 32 heavy (non-hydrogen) atoms. The minimum Gasteiger partial charge on any atom is -0.355 e. The Morgan fingerprint density at radius 3 is 2.41 bits per heavy atom. The molecule has 1 aliphatic heterocycles. The van der Waals surface area contributed by atoms with E-state index < -0.39 is 0 Å². The number of allylic oxidation sites excluding steroid dienone is 2. The van der Waals surface area contributed by atoms with Crippen molar-refractivity contribution in [2.24, 2.45) is 11.8 Å². The van der Waals surface area contributed by atoms with Crippen LogP contribution in [-0.4, -0.2) is 54.4 Å². The SMILES string of the molecule is O=C(NCCc1ccccc1F)C1CC=CCC1C(=O)N1CCN(c2ccccn2)CC1. The summed E-state index contributed by atoms with van der Waals surface area (Å²) in [5.74, 6) is -0.162. The average molecular weight is 437 g/mol. The Morgan fingerprint density at radius 2 is 1.69 bits per heavy atom. The molecule has 1 saturated heterocycles. The summed E-state index contributed by atoms with van der Waals surface area (Å²) in [6.07, 6.45) is 7.30. The van der Waals surface area contributed by atoms with E-state index in [9.17, 15) is 14.0 Å². The van der Waals surface area contributed by atoms with Crippen LogP contribution >= 0.6 is 0 Å². The Bertz CT molecular complexity index is 957. The maximum absolute atomic E-state index is 13.8. The fourth-order valence-corrected chi connectivity index (χ4v) is 4.46. The van der Waals surface area contributed by atoms with Crippen molar-refractivity contribution in [1.29, 1.82) is 0 Å². The largest absolute Gasteiger partial charge is 0.355 e. The maximum Gasteiger partial charge on any atom is 0.226 e. The monoisotopic (exact) mass is 436 g/mol. The lowest BCUT2D eigenvalue weighted by Crippen LogP contribution is -2.52. The first-order valence-corrected chi connectivity index (χ1v) is 11.2. The molecule has 1 aromatic carbocycles. The van der Waals surface area contributed by atoms with Gasteiger partial charge in [-0.1, -0.05) is 36.4 Å². The van der Waals surface area contributed by atoms with Gasteiger partial charge >= 0.3 is 0 Å². The first-order chi connectivity index (χ1) is 15.6. The van der Waals surface area contributed by atoms with E-state index in [1.807, 2.05) is 35.3 Å². The zero-order chi connectivity index (χ0) is 22.3. The molecule has 168 valence electrons. The van der Waals surface area contributed by atoms with Crippen LogP contribution in [-0.2, 0) is 16.0 Å². The van der Waals surface area contributed by atoms with Crippen molar-refractivity contribution in [1.82, 2.24) is 15.2 Å². The van der Waals surface area contributed by atoms with Gasteiger partial charge in [-0.15, -0.1) is 0 Å². The fraction of sp³-hybridized carbons (Fsp3) is 0.400. The minimum absolute atomic E-state index is 0.0456. The second-order valence-electron chi connectivity index (χ2n) is 8.29. The molecule has 2 unspecified atom stereocenters. The summed E-state index contributed by atoms with van der Waals surface area (Å²) in [6.45, 7) is 3.05. The summed E-state index contributed by atoms with van der Waals surface area (Å²) in [4.78, 5) is 34.6. The Balaban J connectivity index is 1.31. The van der Waals surface area contributed by atoms with E-state index in [4.69, 9.17) is 0 Å². The van der Waals surface area contributed by atoms with Crippen LogP contribution < -0.4 is 10.2 Å². The molecule has 0 spiro atoms. The van der Waals surface area contributed by atoms with Crippen molar-refractivity contribution < 1.29 is 14.0 Å². The number of amides is 2. The molecule has 2 amide bonds. The molecule has 1 N–H and O–H groups in total. The standard InChI is InChI=1S/C25H29FN4O2/c26-22-10-4-1-7-19(22)12-14-28-24(31)20-8-2-3-9-21(20)25(32)30-17-15-29(16-18-30)23-11-5-6-13-27-23/h1-7,10-11,13,20-21H,8-9,12,14-18H2,(H,28,31). The van der Waals surface area contributed by atoms with Gasteiger partial charge in [-0.05, 0) is 43.0 Å². The van der Waals surface area contributed by atoms with Crippen LogP contribution in [0, 0.1) is 17.7 Å². The summed E-state index contributed by atoms with van der Waals surface area (Å²) in [6, 6.07) is 12.4. The molecule has 1 fully saturated rings. The third-order valence-corrected chi connectivity index (χ3v) is 6.30. The van der Waals surface area contributed by atoms with Crippen molar-refractivity contribution in [3.63, 3.8) is 0 Å². The van der Waals surface area contributed by atoms with E-state index in [2.05, 4.69) is 15.2 Å². The number of carbonyl (C=O) groups excluding carboxylic acids is 2. The molecule has 1 aliphatic carbocycles. The third kappa shape index (κ3) is 5.15. The summed E-state index contributed by atoms with van der Waals surface area (Å²) in [5.41, 5.74) is 0.578. The highest BCUT2D eigenvalue weighted by molar-refractivity contribution is 5.88. The van der Waals surface area contributed by atoms with Gasteiger partial charge in [0, 0.05) is 38.9 Å². The van der Waals surface area contributed by atoms with Crippen LogP contribution in [0.25, 0.3) is 0 Å². The van der Waals surface area contributed by atoms with E-state index in [1.54, 1.807) is 24.4 Å². The molecule has 7 heteroatoms. The number of piperazine rings is 1. The van der Waals surface area contributed by atoms with Gasteiger partial charge in [-0.2, -0.15) is 0 Å². The molecule has 0 radical (unpaired) electrons. The molecule has 2 heterocycles. The molecule has 4 rings (SSSR count). The second kappa shape index (κ2) is 10.4. The molecule has 2 aromatic rings. The molecule has 0 saturated carbocycles. The highest BCUT2D eigenvalue weighted by atomic mass is 19.1. The average Bonchev–Trinajstić information content (AvgIpc) is 2.85. The number of rotatable bonds is 6. The van der Waals surface area contributed by atoms with Crippen LogP contribution in [0.1, 0.15) is 18.4 Å². The summed E-state index contributed by atoms with van der Waals surface area (Å²) in [5, 5.41) is 2.92. The zero-order valence-electron chi connectivity index (χ0n) is 18.1. The fourth-order valence-electron chi connectivity index (χ4n) is 4.46. The molecule has 6 nitrogen and oxygen atoms in total. The van der Waals surface area contributed by atoms with E-state index in [1.165, 1.54) is 6.07 Å². The van der Waals surface area contributed by atoms with Gasteiger partial charge < -0.3 is 15.1 Å². The predicted octanol–water partition coefficient (Wildman–Crippen LogP) is 2.81. The van der Waals surface area contributed by atoms with Crippen LogP contribution in [0.2, 0.25) is 0 Å². The van der Waals surface area contributed by atoms with Crippen molar-refractivity contribution in [2.75, 3.05) is 37.6 Å². The number of nitrogens with one attached hydrogen (secondary N) is 1. The summed E-state index contributed by atoms with van der Waals surface area (Å²) >= 11 is 0. The Morgan fingerprint density at radius 1 is 0.969 bits per heavy atom. The van der Waals surface area contributed by atoms with Gasteiger partial charge in [-0.3, -0.25) is 9.59 Å². The molecular formula is C25H29FN4O2. The quantitative estimate of drug-likeness (QED) is 0.708. The number of pyridine rings is 1. The van der Waals surface area contributed by atoms with Crippen molar-refractivity contribution in [3.8, 4) is 0 Å². The molecular weight excluding hydrogens is 407 g/mol. The third-order valence-electron chi connectivity index (χ3n) is 6.30. The van der Waals surface area contributed by atoms with Crippen LogP contribution in [0.4, 0.5) is 10.2 Å². The van der Waals surface area contributed by atoms with Gasteiger partial charge in [-0.25, -0.2) is 9.37 Å². The first kappa shape index (κ1) is 22.0. The summed E-state index contributed by atoms with van der Waals surface area (Å²) < 4.78 is 13.8. The van der Waals surface area contributed by atoms with Gasteiger partial charge in [0.25, 0.3) is 0 Å². The van der Waals surface area contributed by atoms with Crippen LogP contribution in [0.15, 0.2) is 60.8 Å². The molecule has 1 aromatic heterocycles. The number of carbonyl (C=O) groups is 2. The minimum atomic E-state index is -0.387. The van der Waals surface area contributed by atoms with E-state index in [0.29, 0.717) is 44.5 Å². The maximum atomic E-state index is 13.8. The van der Waals surface area contributed by atoms with E-state index in [-0.39, 0.29) is 29.5 Å². The Labute approximate surface area is 188 Å². The van der Waals surface area contributed by atoms with Crippen molar-refractivity contribution in [2.45, 2.75) is 19.3 Å². The number of nitrogens with zero attached hydrogens (tertiary/aromatic N) is 3. The normalized spacial score (nSPS) is 20.8. The topological polar surface area (TPSA) is 65.5 Å². The van der Waals surface area contributed by atoms with Crippen LogP contribution in [0.5, 0.6) is 0 Å². The lowest BCUT2D eigenvalue weighted by molar-refractivity contribution is -0.142. The molecule has 2 aliphatic rings. The number of anilines is 1.